The Morgan fingerprint density at radius 2 is 2.00 bits per heavy atom. The summed E-state index contributed by atoms with van der Waals surface area (Å²) in [5.41, 5.74) is 10.1. The molecule has 2 aromatic rings. The van der Waals surface area contributed by atoms with E-state index < -0.39 is 5.91 Å². The van der Waals surface area contributed by atoms with Crippen LogP contribution in [0.5, 0.6) is 5.75 Å². The Hall–Kier alpha value is -2.49. The van der Waals surface area contributed by atoms with Crippen LogP contribution in [0.2, 0.25) is 0 Å². The van der Waals surface area contributed by atoms with Crippen molar-refractivity contribution in [3.05, 3.63) is 53.9 Å². The highest BCUT2D eigenvalue weighted by molar-refractivity contribution is 6.02. The highest BCUT2D eigenvalue weighted by atomic mass is 16.5. The minimum Gasteiger partial charge on any atom is -0.497 e. The second-order valence-electron chi connectivity index (χ2n) is 5.13. The number of carbonyl (C=O) groups is 1. The third-order valence-electron chi connectivity index (χ3n) is 3.90. The number of hydrogen-bond donors (Lipinski definition) is 1. The number of methoxy groups -OCH3 is 1. The smallest absolute Gasteiger partial charge is 0.251 e. The zero-order chi connectivity index (χ0) is 16.3. The molecule has 0 unspecified atom stereocenters. The van der Waals surface area contributed by atoms with Crippen LogP contribution in [0.4, 0.5) is 0 Å². The van der Waals surface area contributed by atoms with E-state index in [1.165, 1.54) is 0 Å². The molecule has 2 rings (SSSR count). The van der Waals surface area contributed by atoms with E-state index >= 15 is 0 Å². The Kier molecular flexibility index (Phi) is 4.71. The van der Waals surface area contributed by atoms with Crippen LogP contribution in [0.25, 0.3) is 11.1 Å². The van der Waals surface area contributed by atoms with Crippen molar-refractivity contribution >= 4 is 5.91 Å². The average molecular weight is 298 g/mol. The van der Waals surface area contributed by atoms with Gasteiger partial charge in [-0.25, -0.2) is 0 Å². The van der Waals surface area contributed by atoms with Crippen LogP contribution in [-0.2, 0) is 13.0 Å². The highest BCUT2D eigenvalue weighted by Crippen LogP contribution is 2.34. The van der Waals surface area contributed by atoms with Crippen LogP contribution in [0.3, 0.4) is 0 Å². The third kappa shape index (κ3) is 2.64. The van der Waals surface area contributed by atoms with Gasteiger partial charge in [0.1, 0.15) is 5.75 Å². The van der Waals surface area contributed by atoms with E-state index in [1.807, 2.05) is 37.3 Å². The molecule has 0 atom stereocenters. The second-order valence-corrected chi connectivity index (χ2v) is 5.13. The van der Waals surface area contributed by atoms with Crippen LogP contribution in [0, 0.1) is 6.92 Å². The maximum atomic E-state index is 12.0. The average Bonchev–Trinajstić information content (AvgIpc) is 2.80. The molecule has 0 aliphatic carbocycles. The van der Waals surface area contributed by atoms with Crippen molar-refractivity contribution in [3.63, 3.8) is 0 Å². The predicted octanol–water partition coefficient (Wildman–Crippen LogP) is 3.32. The molecule has 0 aliphatic heterocycles. The number of primary amides is 1. The van der Waals surface area contributed by atoms with Gasteiger partial charge in [0.05, 0.1) is 12.7 Å². The first-order chi connectivity index (χ1) is 10.5. The van der Waals surface area contributed by atoms with Gasteiger partial charge in [-0.15, -0.1) is 6.58 Å². The van der Waals surface area contributed by atoms with Gasteiger partial charge < -0.3 is 15.0 Å². The van der Waals surface area contributed by atoms with Gasteiger partial charge >= 0.3 is 0 Å². The molecule has 0 saturated heterocycles. The minimum atomic E-state index is -0.402. The molecule has 0 saturated carbocycles. The fourth-order valence-electron chi connectivity index (χ4n) is 2.91. The summed E-state index contributed by atoms with van der Waals surface area (Å²) in [6.45, 7) is 8.46. The molecule has 0 fully saturated rings. The summed E-state index contributed by atoms with van der Waals surface area (Å²) in [5.74, 6) is 0.380. The van der Waals surface area contributed by atoms with Crippen molar-refractivity contribution < 1.29 is 9.53 Å². The Labute approximate surface area is 131 Å². The zero-order valence-electron chi connectivity index (χ0n) is 13.3. The first-order valence-electron chi connectivity index (χ1n) is 7.32. The monoisotopic (exact) mass is 298 g/mol. The molecule has 1 aromatic heterocycles. The first kappa shape index (κ1) is 15.9. The van der Waals surface area contributed by atoms with Gasteiger partial charge in [0, 0.05) is 23.5 Å². The van der Waals surface area contributed by atoms with E-state index in [9.17, 15) is 4.79 Å². The fraction of sp³-hybridized carbons (Fsp3) is 0.278. The zero-order valence-corrected chi connectivity index (χ0v) is 13.3. The lowest BCUT2D eigenvalue weighted by atomic mass is 9.98. The summed E-state index contributed by atoms with van der Waals surface area (Å²) in [4.78, 5) is 12.0. The van der Waals surface area contributed by atoms with Gasteiger partial charge in [-0.05, 0) is 31.0 Å². The number of hydrogen-bond acceptors (Lipinski definition) is 2. The third-order valence-corrected chi connectivity index (χ3v) is 3.90. The molecule has 2 N–H and O–H groups in total. The summed E-state index contributed by atoms with van der Waals surface area (Å²) in [7, 11) is 1.63. The Morgan fingerprint density at radius 3 is 2.45 bits per heavy atom. The molecule has 0 spiro atoms. The molecule has 1 heterocycles. The maximum Gasteiger partial charge on any atom is 0.251 e. The van der Waals surface area contributed by atoms with E-state index in [4.69, 9.17) is 10.5 Å². The van der Waals surface area contributed by atoms with E-state index in [0.29, 0.717) is 12.1 Å². The lowest BCUT2D eigenvalue weighted by molar-refractivity contribution is 0.1000. The number of benzene rings is 1. The van der Waals surface area contributed by atoms with E-state index in [-0.39, 0.29) is 0 Å². The Morgan fingerprint density at radius 1 is 1.36 bits per heavy atom. The number of amides is 1. The van der Waals surface area contributed by atoms with Crippen molar-refractivity contribution in [1.29, 1.82) is 0 Å². The molecular weight excluding hydrogens is 276 g/mol. The number of carbonyl (C=O) groups excluding carboxylic acids is 1. The van der Waals surface area contributed by atoms with Crippen molar-refractivity contribution in [2.75, 3.05) is 7.11 Å². The number of nitrogens with two attached hydrogens (primary N) is 1. The molecular formula is C18H22N2O2. The van der Waals surface area contributed by atoms with Gasteiger partial charge in [0.15, 0.2) is 0 Å². The number of aromatic nitrogens is 1. The molecule has 22 heavy (non-hydrogen) atoms. The fourth-order valence-corrected chi connectivity index (χ4v) is 2.91. The largest absolute Gasteiger partial charge is 0.497 e. The number of rotatable bonds is 6. The summed E-state index contributed by atoms with van der Waals surface area (Å²) in [5, 5.41) is 0. The van der Waals surface area contributed by atoms with Gasteiger partial charge in [-0.3, -0.25) is 4.79 Å². The van der Waals surface area contributed by atoms with Crippen molar-refractivity contribution in [1.82, 2.24) is 4.57 Å². The van der Waals surface area contributed by atoms with Gasteiger partial charge in [-0.1, -0.05) is 25.1 Å². The predicted molar refractivity (Wildman–Crippen MR) is 89.2 cm³/mol. The topological polar surface area (TPSA) is 57.2 Å². The van der Waals surface area contributed by atoms with Crippen LogP contribution in [0.15, 0.2) is 36.9 Å². The van der Waals surface area contributed by atoms with E-state index in [2.05, 4.69) is 18.1 Å². The number of ether oxygens (including phenoxy) is 1. The SMILES string of the molecule is C=CCn1c(C)c(C(N)=O)c(-c2ccc(OC)cc2)c1CC. The Balaban J connectivity index is 2.73. The summed E-state index contributed by atoms with van der Waals surface area (Å²) in [6, 6.07) is 7.69. The Bertz CT molecular complexity index is 697. The van der Waals surface area contributed by atoms with Crippen LogP contribution >= 0.6 is 0 Å². The van der Waals surface area contributed by atoms with Crippen LogP contribution in [0.1, 0.15) is 28.7 Å². The van der Waals surface area contributed by atoms with E-state index in [0.717, 1.165) is 34.7 Å². The number of allylic oxidation sites excluding steroid dienone is 1. The van der Waals surface area contributed by atoms with Crippen molar-refractivity contribution in [3.8, 4) is 16.9 Å². The van der Waals surface area contributed by atoms with Gasteiger partial charge in [-0.2, -0.15) is 0 Å². The second kappa shape index (κ2) is 6.52. The quantitative estimate of drug-likeness (QED) is 0.832. The molecule has 0 radical (unpaired) electrons. The van der Waals surface area contributed by atoms with Crippen molar-refractivity contribution in [2.45, 2.75) is 26.8 Å². The minimum absolute atomic E-state index is 0.402. The normalized spacial score (nSPS) is 10.5. The van der Waals surface area contributed by atoms with Crippen molar-refractivity contribution in [2.24, 2.45) is 5.73 Å². The molecule has 0 aliphatic rings. The molecule has 4 heteroatoms. The molecule has 1 amide bonds. The maximum absolute atomic E-state index is 12.0. The summed E-state index contributed by atoms with van der Waals surface area (Å²) < 4.78 is 7.30. The number of nitrogens with zero attached hydrogens (tertiary/aromatic N) is 1. The summed E-state index contributed by atoms with van der Waals surface area (Å²) in [6.07, 6.45) is 2.64. The van der Waals surface area contributed by atoms with Gasteiger partial charge in [0.2, 0.25) is 0 Å². The lowest BCUT2D eigenvalue weighted by Gasteiger charge is -2.09. The highest BCUT2D eigenvalue weighted by Gasteiger charge is 2.23. The van der Waals surface area contributed by atoms with E-state index in [1.54, 1.807) is 7.11 Å². The van der Waals surface area contributed by atoms with Crippen LogP contribution < -0.4 is 10.5 Å². The lowest BCUT2D eigenvalue weighted by Crippen LogP contribution is -2.13. The standard InChI is InChI=1S/C18H22N2O2/c1-5-11-20-12(3)16(18(19)21)17(15(20)6-2)13-7-9-14(22-4)10-8-13/h5,7-10H,1,6,11H2,2-4H3,(H2,19,21). The summed E-state index contributed by atoms with van der Waals surface area (Å²) >= 11 is 0. The van der Waals surface area contributed by atoms with Gasteiger partial charge in [0.25, 0.3) is 5.91 Å². The van der Waals surface area contributed by atoms with Crippen LogP contribution in [-0.4, -0.2) is 17.6 Å². The molecule has 116 valence electrons. The molecule has 0 bridgehead atoms. The molecule has 1 aromatic carbocycles. The molecule has 4 nitrogen and oxygen atoms in total. The first-order valence-corrected chi connectivity index (χ1v) is 7.32.